The van der Waals surface area contributed by atoms with Gasteiger partial charge in [0.25, 0.3) is 11.1 Å². The molecule has 0 aromatic heterocycles. The van der Waals surface area contributed by atoms with Gasteiger partial charge in [-0.15, -0.1) is 0 Å². The lowest BCUT2D eigenvalue weighted by Crippen LogP contribution is -2.33. The second-order valence-corrected chi connectivity index (χ2v) is 8.16. The fourth-order valence-electron chi connectivity index (χ4n) is 3.14. The maximum atomic E-state index is 12.8. The van der Waals surface area contributed by atoms with Crippen molar-refractivity contribution in [2.75, 3.05) is 13.7 Å². The average molecular weight is 410 g/mol. The van der Waals surface area contributed by atoms with E-state index in [-0.39, 0.29) is 18.2 Å². The number of carbonyl (C=O) groups excluding carboxylic acids is 3. The molecule has 1 fully saturated rings. The van der Waals surface area contributed by atoms with Gasteiger partial charge in [-0.05, 0) is 59.5 Å². The van der Waals surface area contributed by atoms with Crippen molar-refractivity contribution in [3.8, 4) is 5.75 Å². The standard InChI is InChI=1S/C23H23NO4S/c1-14(2)18-11-17(15(3)10-20(18)28-4)12-21-22(26)24(23(27)29-21)13-19(25)16-8-6-5-7-9-16/h5-12,14H,13H2,1-4H3. The number of thioether (sulfide) groups is 1. The molecule has 0 spiro atoms. The second kappa shape index (κ2) is 8.66. The Hall–Kier alpha value is -2.86. The van der Waals surface area contributed by atoms with E-state index in [4.69, 9.17) is 4.74 Å². The van der Waals surface area contributed by atoms with E-state index in [0.29, 0.717) is 10.5 Å². The Kier molecular flexibility index (Phi) is 6.23. The number of methoxy groups -OCH3 is 1. The SMILES string of the molecule is COc1cc(C)c(C=C2SC(=O)N(CC(=O)c3ccccc3)C2=O)cc1C(C)C. The molecule has 2 aromatic carbocycles. The van der Waals surface area contributed by atoms with Crippen molar-refractivity contribution in [1.82, 2.24) is 4.90 Å². The number of ether oxygens (including phenoxy) is 1. The molecule has 2 amide bonds. The first-order valence-electron chi connectivity index (χ1n) is 9.34. The van der Waals surface area contributed by atoms with Crippen LogP contribution in [0.3, 0.4) is 0 Å². The van der Waals surface area contributed by atoms with Crippen molar-refractivity contribution < 1.29 is 19.1 Å². The topological polar surface area (TPSA) is 63.7 Å². The molecule has 3 rings (SSSR count). The van der Waals surface area contributed by atoms with E-state index >= 15 is 0 Å². The Morgan fingerprint density at radius 3 is 2.48 bits per heavy atom. The molecule has 1 aliphatic rings. The van der Waals surface area contributed by atoms with Gasteiger partial charge < -0.3 is 4.74 Å². The third-order valence-corrected chi connectivity index (χ3v) is 5.71. The number of benzene rings is 2. The van der Waals surface area contributed by atoms with E-state index in [1.54, 1.807) is 37.5 Å². The molecule has 2 aromatic rings. The van der Waals surface area contributed by atoms with Crippen molar-refractivity contribution >= 4 is 34.8 Å². The van der Waals surface area contributed by atoms with E-state index < -0.39 is 11.1 Å². The minimum absolute atomic E-state index is 0.247. The summed E-state index contributed by atoms with van der Waals surface area (Å²) in [4.78, 5) is 38.9. The van der Waals surface area contributed by atoms with Crippen molar-refractivity contribution in [1.29, 1.82) is 0 Å². The summed E-state index contributed by atoms with van der Waals surface area (Å²) in [5.41, 5.74) is 3.30. The fraction of sp³-hybridized carbons (Fsp3) is 0.261. The Morgan fingerprint density at radius 1 is 1.17 bits per heavy atom. The average Bonchev–Trinajstić information content (AvgIpc) is 2.96. The molecule has 0 saturated carbocycles. The molecule has 6 heteroatoms. The lowest BCUT2D eigenvalue weighted by Gasteiger charge is -2.15. The van der Waals surface area contributed by atoms with E-state index in [1.165, 1.54) is 0 Å². The molecular formula is C23H23NO4S. The smallest absolute Gasteiger partial charge is 0.293 e. The van der Waals surface area contributed by atoms with Gasteiger partial charge in [-0.3, -0.25) is 19.3 Å². The molecule has 0 bridgehead atoms. The molecule has 1 heterocycles. The zero-order valence-corrected chi connectivity index (χ0v) is 17.7. The minimum Gasteiger partial charge on any atom is -0.496 e. The van der Waals surface area contributed by atoms with Crippen LogP contribution in [0.4, 0.5) is 4.79 Å². The Bertz CT molecular complexity index is 995. The van der Waals surface area contributed by atoms with Gasteiger partial charge in [0.2, 0.25) is 0 Å². The first kappa shape index (κ1) is 20.9. The van der Waals surface area contributed by atoms with Crippen LogP contribution in [0, 0.1) is 6.92 Å². The monoisotopic (exact) mass is 409 g/mol. The molecule has 29 heavy (non-hydrogen) atoms. The fourth-order valence-corrected chi connectivity index (χ4v) is 3.96. The van der Waals surface area contributed by atoms with Crippen LogP contribution >= 0.6 is 11.8 Å². The van der Waals surface area contributed by atoms with Gasteiger partial charge in [0, 0.05) is 5.56 Å². The molecule has 0 radical (unpaired) electrons. The van der Waals surface area contributed by atoms with E-state index in [9.17, 15) is 14.4 Å². The largest absolute Gasteiger partial charge is 0.496 e. The number of aryl methyl sites for hydroxylation is 1. The van der Waals surface area contributed by atoms with Gasteiger partial charge in [-0.2, -0.15) is 0 Å². The number of carbonyl (C=O) groups is 3. The van der Waals surface area contributed by atoms with Crippen molar-refractivity contribution in [3.63, 3.8) is 0 Å². The molecule has 150 valence electrons. The van der Waals surface area contributed by atoms with Gasteiger partial charge in [0.1, 0.15) is 5.75 Å². The summed E-state index contributed by atoms with van der Waals surface area (Å²) in [6, 6.07) is 12.6. The summed E-state index contributed by atoms with van der Waals surface area (Å²) in [5.74, 6) is 0.343. The summed E-state index contributed by atoms with van der Waals surface area (Å²) in [6.45, 7) is 5.81. The van der Waals surface area contributed by atoms with Crippen LogP contribution in [-0.2, 0) is 4.79 Å². The Balaban J connectivity index is 1.87. The highest BCUT2D eigenvalue weighted by atomic mass is 32.2. The van der Waals surface area contributed by atoms with Crippen molar-refractivity contribution in [2.45, 2.75) is 26.7 Å². The molecule has 1 aliphatic heterocycles. The first-order chi connectivity index (χ1) is 13.8. The summed E-state index contributed by atoms with van der Waals surface area (Å²) in [7, 11) is 1.63. The second-order valence-electron chi connectivity index (χ2n) is 7.16. The number of rotatable bonds is 6. The summed E-state index contributed by atoms with van der Waals surface area (Å²) >= 11 is 0.862. The van der Waals surface area contributed by atoms with E-state index in [1.807, 2.05) is 25.1 Å². The lowest BCUT2D eigenvalue weighted by molar-refractivity contribution is -0.122. The van der Waals surface area contributed by atoms with Crippen LogP contribution in [0.15, 0.2) is 47.4 Å². The van der Waals surface area contributed by atoms with Crippen LogP contribution in [0.2, 0.25) is 0 Å². The van der Waals surface area contributed by atoms with E-state index in [2.05, 4.69) is 13.8 Å². The highest BCUT2D eigenvalue weighted by Crippen LogP contribution is 2.35. The van der Waals surface area contributed by atoms with Gasteiger partial charge in [-0.1, -0.05) is 44.2 Å². The zero-order valence-electron chi connectivity index (χ0n) is 16.9. The molecule has 0 atom stereocenters. The predicted molar refractivity (Wildman–Crippen MR) is 115 cm³/mol. The number of nitrogens with zero attached hydrogens (tertiary/aromatic N) is 1. The normalized spacial score (nSPS) is 15.5. The first-order valence-corrected chi connectivity index (χ1v) is 10.2. The van der Waals surface area contributed by atoms with Crippen LogP contribution in [0.1, 0.15) is 46.8 Å². The maximum Gasteiger partial charge on any atom is 0.293 e. The van der Waals surface area contributed by atoms with Crippen LogP contribution in [0.5, 0.6) is 5.75 Å². The quantitative estimate of drug-likeness (QED) is 0.494. The highest BCUT2D eigenvalue weighted by molar-refractivity contribution is 8.18. The Labute approximate surface area is 174 Å². The van der Waals surface area contributed by atoms with Gasteiger partial charge >= 0.3 is 0 Å². The third-order valence-electron chi connectivity index (χ3n) is 4.80. The highest BCUT2D eigenvalue weighted by Gasteiger charge is 2.36. The van der Waals surface area contributed by atoms with Gasteiger partial charge in [-0.25, -0.2) is 0 Å². The third kappa shape index (κ3) is 4.43. The number of amides is 2. The number of hydrogen-bond donors (Lipinski definition) is 0. The van der Waals surface area contributed by atoms with E-state index in [0.717, 1.165) is 39.1 Å². The van der Waals surface area contributed by atoms with Crippen LogP contribution in [0.25, 0.3) is 6.08 Å². The van der Waals surface area contributed by atoms with Crippen molar-refractivity contribution in [2.24, 2.45) is 0 Å². The molecule has 0 aliphatic carbocycles. The minimum atomic E-state index is -0.439. The van der Waals surface area contributed by atoms with Gasteiger partial charge in [0.15, 0.2) is 5.78 Å². The Morgan fingerprint density at radius 2 is 1.86 bits per heavy atom. The maximum absolute atomic E-state index is 12.8. The van der Waals surface area contributed by atoms with Crippen LogP contribution < -0.4 is 4.74 Å². The van der Waals surface area contributed by atoms with Crippen molar-refractivity contribution in [3.05, 3.63) is 69.6 Å². The summed E-state index contributed by atoms with van der Waals surface area (Å²) < 4.78 is 5.46. The molecule has 0 N–H and O–H groups in total. The molecule has 0 unspecified atom stereocenters. The van der Waals surface area contributed by atoms with Crippen LogP contribution in [-0.4, -0.2) is 35.5 Å². The number of Topliss-reactive ketones (excluding diaryl/α,β-unsaturated/α-hetero) is 1. The van der Waals surface area contributed by atoms with Gasteiger partial charge in [0.05, 0.1) is 18.6 Å². The number of hydrogen-bond acceptors (Lipinski definition) is 5. The number of imide groups is 1. The lowest BCUT2D eigenvalue weighted by atomic mass is 9.96. The molecular weight excluding hydrogens is 386 g/mol. The summed E-state index contributed by atoms with van der Waals surface area (Å²) in [5, 5.41) is -0.430. The predicted octanol–water partition coefficient (Wildman–Crippen LogP) is 5.05. The summed E-state index contributed by atoms with van der Waals surface area (Å²) in [6.07, 6.45) is 1.72. The molecule has 1 saturated heterocycles. The number of ketones is 1. The zero-order chi connectivity index (χ0) is 21.1. The molecule has 5 nitrogen and oxygen atoms in total.